The lowest BCUT2D eigenvalue weighted by atomic mass is 10.3. The summed E-state index contributed by atoms with van der Waals surface area (Å²) >= 11 is 0.931. The van der Waals surface area contributed by atoms with Crippen LogP contribution in [0.1, 0.15) is 16.1 Å². The molecule has 0 aromatic carbocycles. The number of aromatic nitrogens is 2. The van der Waals surface area contributed by atoms with Crippen LogP contribution in [0, 0.1) is 13.8 Å². The lowest BCUT2D eigenvalue weighted by Gasteiger charge is -2.03. The SMILES string of the molecule is Cc1[nH]nc(NS(=O)(=O)c2ccc(CC(=O)O)s2)c1C. The molecule has 2 rings (SSSR count). The molecule has 0 saturated heterocycles. The highest BCUT2D eigenvalue weighted by Gasteiger charge is 2.20. The average molecular weight is 315 g/mol. The van der Waals surface area contributed by atoms with E-state index in [0.29, 0.717) is 4.88 Å². The Morgan fingerprint density at radius 2 is 2.15 bits per heavy atom. The maximum atomic E-state index is 12.2. The topological polar surface area (TPSA) is 112 Å². The maximum Gasteiger partial charge on any atom is 0.308 e. The molecule has 0 radical (unpaired) electrons. The van der Waals surface area contributed by atoms with Crippen molar-refractivity contribution in [1.82, 2.24) is 10.2 Å². The van der Waals surface area contributed by atoms with Gasteiger partial charge in [0.15, 0.2) is 5.82 Å². The van der Waals surface area contributed by atoms with Gasteiger partial charge < -0.3 is 5.11 Å². The molecule has 108 valence electrons. The summed E-state index contributed by atoms with van der Waals surface area (Å²) in [6.45, 7) is 3.54. The van der Waals surface area contributed by atoms with E-state index in [1.807, 2.05) is 0 Å². The van der Waals surface area contributed by atoms with Gasteiger partial charge in [-0.1, -0.05) is 0 Å². The molecule has 2 aromatic heterocycles. The minimum atomic E-state index is -3.74. The molecule has 0 unspecified atom stereocenters. The largest absolute Gasteiger partial charge is 0.481 e. The van der Waals surface area contributed by atoms with Crippen LogP contribution in [0.25, 0.3) is 0 Å². The van der Waals surface area contributed by atoms with Crippen molar-refractivity contribution in [3.63, 3.8) is 0 Å². The summed E-state index contributed by atoms with van der Waals surface area (Å²) in [5.74, 6) is -0.752. The summed E-state index contributed by atoms with van der Waals surface area (Å²) < 4.78 is 26.8. The summed E-state index contributed by atoms with van der Waals surface area (Å²) in [6, 6.07) is 2.89. The molecule has 0 aliphatic carbocycles. The molecule has 3 N–H and O–H groups in total. The number of nitrogens with one attached hydrogen (secondary N) is 2. The molecule has 0 bridgehead atoms. The predicted octanol–water partition coefficient (Wildman–Crippen LogP) is 1.52. The van der Waals surface area contributed by atoms with Crippen LogP contribution in [0.2, 0.25) is 0 Å². The van der Waals surface area contributed by atoms with E-state index >= 15 is 0 Å². The van der Waals surface area contributed by atoms with Crippen LogP contribution in [-0.4, -0.2) is 29.7 Å². The van der Waals surface area contributed by atoms with E-state index in [1.165, 1.54) is 12.1 Å². The summed E-state index contributed by atoms with van der Waals surface area (Å²) in [5, 5.41) is 15.2. The second-order valence-electron chi connectivity index (χ2n) is 4.22. The molecule has 0 aliphatic rings. The molecular formula is C11H13N3O4S2. The van der Waals surface area contributed by atoms with Gasteiger partial charge in [0, 0.05) is 16.1 Å². The van der Waals surface area contributed by atoms with Crippen molar-refractivity contribution < 1.29 is 18.3 Å². The third kappa shape index (κ3) is 2.99. The van der Waals surface area contributed by atoms with E-state index in [9.17, 15) is 13.2 Å². The zero-order valence-electron chi connectivity index (χ0n) is 10.8. The maximum absolute atomic E-state index is 12.2. The number of sulfonamides is 1. The Bertz CT molecular complexity index is 746. The fraction of sp³-hybridized carbons (Fsp3) is 0.273. The van der Waals surface area contributed by atoms with Crippen LogP contribution in [0.15, 0.2) is 16.3 Å². The molecule has 7 nitrogen and oxygen atoms in total. The number of hydrogen-bond acceptors (Lipinski definition) is 5. The van der Waals surface area contributed by atoms with Gasteiger partial charge in [-0.15, -0.1) is 11.3 Å². The van der Waals surface area contributed by atoms with Crippen molar-refractivity contribution in [3.8, 4) is 0 Å². The first-order chi connectivity index (χ1) is 9.29. The zero-order chi connectivity index (χ0) is 14.9. The first-order valence-corrected chi connectivity index (χ1v) is 7.94. The molecule has 9 heteroatoms. The number of carbonyl (C=O) groups is 1. The second-order valence-corrected chi connectivity index (χ2v) is 7.30. The number of thiophene rings is 1. The lowest BCUT2D eigenvalue weighted by molar-refractivity contribution is -0.136. The Morgan fingerprint density at radius 3 is 2.70 bits per heavy atom. The lowest BCUT2D eigenvalue weighted by Crippen LogP contribution is -2.12. The Kier molecular flexibility index (Phi) is 3.82. The van der Waals surface area contributed by atoms with E-state index in [2.05, 4.69) is 14.9 Å². The van der Waals surface area contributed by atoms with E-state index in [1.54, 1.807) is 13.8 Å². The molecule has 0 amide bonds. The van der Waals surface area contributed by atoms with E-state index in [4.69, 9.17) is 5.11 Å². The molecule has 0 fully saturated rings. The molecule has 0 aliphatic heterocycles. The van der Waals surface area contributed by atoms with Gasteiger partial charge in [0.05, 0.1) is 6.42 Å². The second kappa shape index (κ2) is 5.25. The standard InChI is InChI=1S/C11H13N3O4S2/c1-6-7(2)12-13-11(6)14-20(17,18)10-4-3-8(19-10)5-9(15)16/h3-4H,5H2,1-2H3,(H,15,16)(H2,12,13,14). The molecular weight excluding hydrogens is 302 g/mol. The van der Waals surface area contributed by atoms with Gasteiger partial charge >= 0.3 is 5.97 Å². The third-order valence-corrected chi connectivity index (χ3v) is 5.63. The quantitative estimate of drug-likeness (QED) is 0.774. The van der Waals surface area contributed by atoms with Crippen LogP contribution in [0.5, 0.6) is 0 Å². The minimum Gasteiger partial charge on any atom is -0.481 e. The van der Waals surface area contributed by atoms with Crippen LogP contribution >= 0.6 is 11.3 Å². The number of hydrogen-bond donors (Lipinski definition) is 3. The van der Waals surface area contributed by atoms with E-state index in [-0.39, 0.29) is 16.4 Å². The van der Waals surface area contributed by atoms with Gasteiger partial charge in [0.25, 0.3) is 10.0 Å². The van der Waals surface area contributed by atoms with Gasteiger partial charge in [0.1, 0.15) is 4.21 Å². The fourth-order valence-corrected chi connectivity index (χ4v) is 3.92. The summed E-state index contributed by atoms with van der Waals surface area (Å²) in [5.41, 5.74) is 1.50. The zero-order valence-corrected chi connectivity index (χ0v) is 12.4. The Morgan fingerprint density at radius 1 is 1.45 bits per heavy atom. The highest BCUT2D eigenvalue weighted by atomic mass is 32.2. The average Bonchev–Trinajstić information content (AvgIpc) is 2.91. The van der Waals surface area contributed by atoms with Gasteiger partial charge in [-0.05, 0) is 26.0 Å². The van der Waals surface area contributed by atoms with Crippen LogP contribution in [-0.2, 0) is 21.2 Å². The number of aromatic amines is 1. The number of anilines is 1. The smallest absolute Gasteiger partial charge is 0.308 e. The van der Waals surface area contributed by atoms with Crippen LogP contribution in [0.4, 0.5) is 5.82 Å². The molecule has 2 heterocycles. The number of carboxylic acid groups (broad SMARTS) is 1. The molecule has 20 heavy (non-hydrogen) atoms. The number of nitrogens with zero attached hydrogens (tertiary/aromatic N) is 1. The molecule has 0 atom stereocenters. The minimum absolute atomic E-state index is 0.0637. The number of carboxylic acids is 1. The van der Waals surface area contributed by atoms with Crippen LogP contribution < -0.4 is 4.72 Å². The summed E-state index contributed by atoms with van der Waals surface area (Å²) in [7, 11) is -3.74. The number of rotatable bonds is 5. The summed E-state index contributed by atoms with van der Waals surface area (Å²) in [6.07, 6.45) is -0.194. The molecule has 2 aromatic rings. The number of aliphatic carboxylic acids is 1. The normalized spacial score (nSPS) is 11.5. The number of H-pyrrole nitrogens is 1. The Balaban J connectivity index is 2.24. The predicted molar refractivity (Wildman–Crippen MR) is 74.5 cm³/mol. The van der Waals surface area contributed by atoms with Crippen LogP contribution in [0.3, 0.4) is 0 Å². The highest BCUT2D eigenvalue weighted by Crippen LogP contribution is 2.25. The van der Waals surface area contributed by atoms with Gasteiger partial charge in [-0.2, -0.15) is 5.10 Å². The van der Waals surface area contributed by atoms with Gasteiger partial charge in [-0.3, -0.25) is 14.6 Å². The van der Waals surface area contributed by atoms with E-state index in [0.717, 1.165) is 22.6 Å². The van der Waals surface area contributed by atoms with E-state index < -0.39 is 16.0 Å². The van der Waals surface area contributed by atoms with Crippen molar-refractivity contribution in [3.05, 3.63) is 28.3 Å². The van der Waals surface area contributed by atoms with Crippen molar-refractivity contribution in [1.29, 1.82) is 0 Å². The molecule has 0 spiro atoms. The third-order valence-electron chi connectivity index (χ3n) is 2.71. The summed E-state index contributed by atoms with van der Waals surface area (Å²) in [4.78, 5) is 11.1. The van der Waals surface area contributed by atoms with Crippen molar-refractivity contribution in [2.75, 3.05) is 4.72 Å². The Labute approximate surface area is 119 Å². The Hall–Kier alpha value is -1.87. The fourth-order valence-electron chi connectivity index (χ4n) is 1.51. The van der Waals surface area contributed by atoms with Crippen molar-refractivity contribution >= 4 is 33.1 Å². The first kappa shape index (κ1) is 14.5. The highest BCUT2D eigenvalue weighted by molar-refractivity contribution is 7.94. The molecule has 0 saturated carbocycles. The van der Waals surface area contributed by atoms with Crippen molar-refractivity contribution in [2.45, 2.75) is 24.5 Å². The van der Waals surface area contributed by atoms with Gasteiger partial charge in [-0.25, -0.2) is 8.42 Å². The van der Waals surface area contributed by atoms with Gasteiger partial charge in [0.2, 0.25) is 0 Å². The first-order valence-electron chi connectivity index (χ1n) is 5.64. The van der Waals surface area contributed by atoms with Crippen molar-refractivity contribution in [2.24, 2.45) is 0 Å². The monoisotopic (exact) mass is 315 g/mol. The number of aryl methyl sites for hydroxylation is 1.